The molecule has 150 valence electrons. The molecule has 0 bridgehead atoms. The van der Waals surface area contributed by atoms with E-state index in [-0.39, 0.29) is 5.91 Å². The van der Waals surface area contributed by atoms with Crippen LogP contribution in [0.15, 0.2) is 12.1 Å². The maximum Gasteiger partial charge on any atom is 0.251 e. The lowest BCUT2D eigenvalue weighted by Gasteiger charge is -2.47. The Bertz CT molecular complexity index is 771. The summed E-state index contributed by atoms with van der Waals surface area (Å²) in [6, 6.07) is 3.17. The lowest BCUT2D eigenvalue weighted by atomic mass is 9.70. The number of hydrogen-bond acceptors (Lipinski definition) is 5. The van der Waals surface area contributed by atoms with Gasteiger partial charge < -0.3 is 25.7 Å². The molecule has 1 aromatic carbocycles. The van der Waals surface area contributed by atoms with Gasteiger partial charge in [0.1, 0.15) is 18.3 Å². The molecule has 1 aliphatic heterocycles. The van der Waals surface area contributed by atoms with Gasteiger partial charge >= 0.3 is 0 Å². The van der Waals surface area contributed by atoms with E-state index >= 15 is 0 Å². The molecular formula is C19H31NO5Si2. The second-order valence-electron chi connectivity index (χ2n) is 9.97. The minimum absolute atomic E-state index is 0.303. The molecule has 6 nitrogen and oxygen atoms in total. The first-order valence-corrected chi connectivity index (χ1v) is 16.5. The zero-order valence-electron chi connectivity index (χ0n) is 16.8. The second-order valence-corrected chi connectivity index (χ2v) is 20.0. The third kappa shape index (κ3) is 3.32. The Morgan fingerprint density at radius 3 is 1.78 bits per heavy atom. The zero-order chi connectivity index (χ0) is 20.5. The van der Waals surface area contributed by atoms with Crippen LogP contribution in [0.5, 0.6) is 0 Å². The summed E-state index contributed by atoms with van der Waals surface area (Å²) in [4.78, 5) is 12.8. The Kier molecular flexibility index (Phi) is 4.98. The molecule has 3 rings (SSSR count). The van der Waals surface area contributed by atoms with Crippen molar-refractivity contribution in [1.29, 1.82) is 0 Å². The SMILES string of the molecule is C[Si](C)(C)c1cc2c(cc1[Si](C)(C)C)[C@H]1[C@@H](O)[C@H](O)[C@@H](O)[C@@H](O)[C@@H]1NC2=O. The van der Waals surface area contributed by atoms with E-state index in [4.69, 9.17) is 0 Å². The molecule has 6 atom stereocenters. The van der Waals surface area contributed by atoms with Crippen molar-refractivity contribution in [3.63, 3.8) is 0 Å². The van der Waals surface area contributed by atoms with Gasteiger partial charge in [-0.2, -0.15) is 0 Å². The van der Waals surface area contributed by atoms with Crippen molar-refractivity contribution in [3.05, 3.63) is 23.3 Å². The molecule has 1 heterocycles. The third-order valence-corrected chi connectivity index (χ3v) is 10.2. The Morgan fingerprint density at radius 1 is 0.778 bits per heavy atom. The molecule has 1 fully saturated rings. The molecule has 1 saturated carbocycles. The summed E-state index contributed by atoms with van der Waals surface area (Å²) in [5.41, 5.74) is 1.17. The summed E-state index contributed by atoms with van der Waals surface area (Å²) >= 11 is 0. The average molecular weight is 410 g/mol. The number of nitrogens with one attached hydrogen (secondary N) is 1. The predicted molar refractivity (Wildman–Crippen MR) is 110 cm³/mol. The first-order chi connectivity index (χ1) is 12.2. The van der Waals surface area contributed by atoms with Gasteiger partial charge in [0.2, 0.25) is 0 Å². The zero-order valence-corrected chi connectivity index (χ0v) is 18.8. The number of amides is 1. The molecule has 1 aliphatic carbocycles. The first kappa shape index (κ1) is 20.7. The number of hydrogen-bond donors (Lipinski definition) is 5. The summed E-state index contributed by atoms with van der Waals surface area (Å²) in [5.74, 6) is -0.959. The van der Waals surface area contributed by atoms with Crippen LogP contribution in [0.3, 0.4) is 0 Å². The highest BCUT2D eigenvalue weighted by Crippen LogP contribution is 2.38. The smallest absolute Gasteiger partial charge is 0.251 e. The maximum absolute atomic E-state index is 12.8. The number of aliphatic hydroxyl groups excluding tert-OH is 4. The normalized spacial score (nSPS) is 33.9. The highest BCUT2D eigenvalue weighted by atomic mass is 28.3. The minimum atomic E-state index is -1.75. The Hall–Kier alpha value is -1.04. The van der Waals surface area contributed by atoms with Crippen molar-refractivity contribution in [2.75, 3.05) is 0 Å². The first-order valence-electron chi connectivity index (χ1n) is 9.47. The van der Waals surface area contributed by atoms with Gasteiger partial charge in [-0.15, -0.1) is 0 Å². The van der Waals surface area contributed by atoms with Crippen LogP contribution in [0.25, 0.3) is 0 Å². The van der Waals surface area contributed by atoms with Crippen LogP contribution in [0.1, 0.15) is 21.8 Å². The molecule has 27 heavy (non-hydrogen) atoms. The molecule has 5 N–H and O–H groups in total. The van der Waals surface area contributed by atoms with E-state index in [9.17, 15) is 25.2 Å². The Labute approximate surface area is 162 Å². The lowest BCUT2D eigenvalue weighted by Crippen LogP contribution is -2.67. The van der Waals surface area contributed by atoms with E-state index in [1.807, 2.05) is 12.1 Å². The Morgan fingerprint density at radius 2 is 1.26 bits per heavy atom. The van der Waals surface area contributed by atoms with Gasteiger partial charge in [0.05, 0.1) is 28.3 Å². The summed E-state index contributed by atoms with van der Waals surface area (Å²) in [6.07, 6.45) is -5.56. The monoisotopic (exact) mass is 409 g/mol. The van der Waals surface area contributed by atoms with Crippen LogP contribution >= 0.6 is 0 Å². The number of fused-ring (bicyclic) bond motifs is 3. The van der Waals surface area contributed by atoms with Crippen molar-refractivity contribution < 1.29 is 25.2 Å². The van der Waals surface area contributed by atoms with Crippen molar-refractivity contribution in [3.8, 4) is 0 Å². The van der Waals surface area contributed by atoms with Crippen LogP contribution in [0, 0.1) is 0 Å². The molecule has 0 unspecified atom stereocenters. The number of rotatable bonds is 2. The molecule has 1 amide bonds. The fourth-order valence-corrected chi connectivity index (χ4v) is 9.54. The topological polar surface area (TPSA) is 110 Å². The van der Waals surface area contributed by atoms with E-state index in [2.05, 4.69) is 44.6 Å². The van der Waals surface area contributed by atoms with Gasteiger partial charge in [-0.25, -0.2) is 0 Å². The van der Waals surface area contributed by atoms with E-state index in [0.29, 0.717) is 11.1 Å². The van der Waals surface area contributed by atoms with Gasteiger partial charge in [0.25, 0.3) is 5.91 Å². The molecule has 0 saturated heterocycles. The van der Waals surface area contributed by atoms with Gasteiger partial charge in [0, 0.05) is 11.5 Å². The number of aliphatic hydroxyl groups is 4. The van der Waals surface area contributed by atoms with Gasteiger partial charge in [-0.1, -0.05) is 61.8 Å². The van der Waals surface area contributed by atoms with Crippen LogP contribution in [0.2, 0.25) is 39.3 Å². The molecule has 0 spiro atoms. The van der Waals surface area contributed by atoms with Gasteiger partial charge in [-0.05, 0) is 5.56 Å². The standard InChI is InChI=1S/C19H31NO5Si2/c1-26(2,3)11-7-9-10(8-12(11)27(4,5)6)19(25)20-14-13(9)15(21)17(23)18(24)16(14)22/h7-8,13-18,21-24H,1-6H3,(H,20,25)/t13-,14-,15-,16+,17+,18+/m1/s1. The molecule has 2 aliphatic rings. The van der Waals surface area contributed by atoms with Crippen molar-refractivity contribution in [2.45, 2.75) is 75.7 Å². The second kappa shape index (κ2) is 6.50. The summed E-state index contributed by atoms with van der Waals surface area (Å²) in [7, 11) is -3.47. The molecule has 0 radical (unpaired) electrons. The molecule has 0 aromatic heterocycles. The van der Waals surface area contributed by atoms with Crippen molar-refractivity contribution in [1.82, 2.24) is 5.32 Å². The fraction of sp³-hybridized carbons (Fsp3) is 0.632. The lowest BCUT2D eigenvalue weighted by molar-refractivity contribution is -0.155. The van der Waals surface area contributed by atoms with E-state index < -0.39 is 52.5 Å². The van der Waals surface area contributed by atoms with Crippen molar-refractivity contribution in [2.24, 2.45) is 0 Å². The fourth-order valence-electron chi connectivity index (χ4n) is 4.37. The molecular weight excluding hydrogens is 378 g/mol. The van der Waals surface area contributed by atoms with Crippen LogP contribution in [-0.2, 0) is 0 Å². The summed E-state index contributed by atoms with van der Waals surface area (Å²) in [5, 5.41) is 46.6. The molecule has 8 heteroatoms. The minimum Gasteiger partial charge on any atom is -0.390 e. The number of carbonyl (C=O) groups excluding carboxylic acids is 1. The average Bonchev–Trinajstić information content (AvgIpc) is 2.55. The number of carbonyl (C=O) groups is 1. The largest absolute Gasteiger partial charge is 0.390 e. The van der Waals surface area contributed by atoms with Crippen LogP contribution < -0.4 is 15.7 Å². The van der Waals surface area contributed by atoms with E-state index in [0.717, 1.165) is 0 Å². The van der Waals surface area contributed by atoms with Crippen LogP contribution in [-0.4, -0.2) is 72.9 Å². The van der Waals surface area contributed by atoms with Gasteiger partial charge in [-0.3, -0.25) is 4.79 Å². The Balaban J connectivity index is 2.26. The van der Waals surface area contributed by atoms with E-state index in [1.54, 1.807) is 0 Å². The highest BCUT2D eigenvalue weighted by molar-refractivity contribution is 6.98. The highest BCUT2D eigenvalue weighted by Gasteiger charge is 2.53. The summed E-state index contributed by atoms with van der Waals surface area (Å²) in [6.45, 7) is 13.5. The van der Waals surface area contributed by atoms with E-state index in [1.165, 1.54) is 10.4 Å². The maximum atomic E-state index is 12.8. The molecule has 1 aromatic rings. The number of benzene rings is 1. The quantitative estimate of drug-likeness (QED) is 0.420. The predicted octanol–water partition coefficient (Wildman–Crippen LogP) is -0.570. The van der Waals surface area contributed by atoms with Crippen LogP contribution in [0.4, 0.5) is 0 Å². The van der Waals surface area contributed by atoms with Crippen molar-refractivity contribution >= 4 is 32.4 Å². The summed E-state index contributed by atoms with van der Waals surface area (Å²) < 4.78 is 0. The third-order valence-electron chi connectivity index (χ3n) is 5.88. The van der Waals surface area contributed by atoms with Gasteiger partial charge in [0.15, 0.2) is 0 Å².